The summed E-state index contributed by atoms with van der Waals surface area (Å²) in [5, 5.41) is 11.8. The summed E-state index contributed by atoms with van der Waals surface area (Å²) in [6, 6.07) is 9.76. The smallest absolute Gasteiger partial charge is 0.325 e. The number of benzene rings is 2. The molecule has 3 aromatic rings. The monoisotopic (exact) mass is 484 g/mol. The van der Waals surface area contributed by atoms with Crippen molar-refractivity contribution in [2.45, 2.75) is 25.8 Å². The molecular formula is C23H24N4O6S. The van der Waals surface area contributed by atoms with Gasteiger partial charge >= 0.3 is 5.97 Å². The van der Waals surface area contributed by atoms with E-state index in [9.17, 15) is 19.7 Å². The van der Waals surface area contributed by atoms with Gasteiger partial charge in [0.1, 0.15) is 18.0 Å². The fourth-order valence-corrected chi connectivity index (χ4v) is 5.02. The molecule has 1 saturated heterocycles. The molecule has 2 heterocycles. The lowest BCUT2D eigenvalue weighted by molar-refractivity contribution is -0.384. The minimum Gasteiger partial charge on any atom is -0.497 e. The van der Waals surface area contributed by atoms with Gasteiger partial charge in [-0.2, -0.15) is 4.99 Å². The van der Waals surface area contributed by atoms with Crippen LogP contribution in [0.3, 0.4) is 0 Å². The molecule has 10 nitrogen and oxygen atoms in total. The Hall–Kier alpha value is -3.73. The third-order valence-corrected chi connectivity index (χ3v) is 6.76. The standard InChI is InChI=1S/C23H24N4O6S/c1-32-16-7-9-18-20(13-16)34-23(26(18)14-21(28)33-2)24-22(29)15-6-8-17(19(12-15)27(30)31)25-10-4-3-5-11-25/h6-9,12-13H,3-5,10-11,14H2,1-2H3. The number of ether oxygens (including phenoxy) is 2. The van der Waals surface area contributed by atoms with Crippen molar-refractivity contribution in [3.8, 4) is 5.75 Å². The number of nitro groups is 1. The van der Waals surface area contributed by atoms with Gasteiger partial charge < -0.3 is 18.9 Å². The predicted octanol–water partition coefficient (Wildman–Crippen LogP) is 3.52. The second kappa shape index (κ2) is 10.0. The first-order chi connectivity index (χ1) is 16.4. The molecule has 0 atom stereocenters. The Morgan fingerprint density at radius 2 is 1.88 bits per heavy atom. The first-order valence-corrected chi connectivity index (χ1v) is 11.6. The quantitative estimate of drug-likeness (QED) is 0.298. The maximum absolute atomic E-state index is 13.0. The molecule has 0 N–H and O–H groups in total. The van der Waals surface area contributed by atoms with E-state index >= 15 is 0 Å². The third kappa shape index (κ3) is 4.79. The van der Waals surface area contributed by atoms with Gasteiger partial charge in [0.05, 0.1) is 29.4 Å². The van der Waals surface area contributed by atoms with E-state index in [2.05, 4.69) is 4.99 Å². The molecule has 1 aliphatic rings. The minimum absolute atomic E-state index is 0.104. The summed E-state index contributed by atoms with van der Waals surface area (Å²) in [6.45, 7) is 1.36. The minimum atomic E-state index is -0.634. The van der Waals surface area contributed by atoms with E-state index in [0.29, 0.717) is 17.0 Å². The summed E-state index contributed by atoms with van der Waals surface area (Å²) in [5.74, 6) is -0.503. The van der Waals surface area contributed by atoms with Crippen LogP contribution in [0.5, 0.6) is 5.75 Å². The molecule has 1 amide bonds. The van der Waals surface area contributed by atoms with Gasteiger partial charge in [-0.25, -0.2) is 0 Å². The molecule has 4 rings (SSSR count). The number of amides is 1. The van der Waals surface area contributed by atoms with Crippen LogP contribution in [-0.2, 0) is 16.1 Å². The van der Waals surface area contributed by atoms with Crippen LogP contribution in [0.4, 0.5) is 11.4 Å². The molecule has 1 fully saturated rings. The summed E-state index contributed by atoms with van der Waals surface area (Å²) < 4.78 is 12.4. The Bertz CT molecular complexity index is 1320. The van der Waals surface area contributed by atoms with Gasteiger partial charge in [-0.05, 0) is 49.6 Å². The molecule has 0 unspecified atom stereocenters. The fraction of sp³-hybridized carbons (Fsp3) is 0.348. The van der Waals surface area contributed by atoms with Crippen LogP contribution in [0.1, 0.15) is 29.6 Å². The zero-order valence-corrected chi connectivity index (χ0v) is 19.7. The highest BCUT2D eigenvalue weighted by Crippen LogP contribution is 2.31. The summed E-state index contributed by atoms with van der Waals surface area (Å²) in [4.78, 5) is 42.8. The lowest BCUT2D eigenvalue weighted by atomic mass is 10.1. The number of rotatable bonds is 6. The first kappa shape index (κ1) is 23.4. The highest BCUT2D eigenvalue weighted by molar-refractivity contribution is 7.16. The zero-order chi connectivity index (χ0) is 24.2. The third-order valence-electron chi connectivity index (χ3n) is 5.72. The van der Waals surface area contributed by atoms with Crippen molar-refractivity contribution < 1.29 is 24.0 Å². The number of fused-ring (bicyclic) bond motifs is 1. The molecule has 0 radical (unpaired) electrons. The molecule has 0 aliphatic carbocycles. The molecule has 0 spiro atoms. The van der Waals surface area contributed by atoms with Gasteiger partial charge in [0.25, 0.3) is 11.6 Å². The number of hydrogen-bond donors (Lipinski definition) is 0. The van der Waals surface area contributed by atoms with Gasteiger partial charge in [0, 0.05) is 24.7 Å². The lowest BCUT2D eigenvalue weighted by Gasteiger charge is -2.28. The van der Waals surface area contributed by atoms with Crippen LogP contribution >= 0.6 is 11.3 Å². The van der Waals surface area contributed by atoms with Gasteiger partial charge in [0.15, 0.2) is 4.80 Å². The van der Waals surface area contributed by atoms with Crippen molar-refractivity contribution in [3.05, 3.63) is 56.9 Å². The van der Waals surface area contributed by atoms with E-state index in [1.54, 1.807) is 42.0 Å². The maximum atomic E-state index is 13.0. The van der Waals surface area contributed by atoms with Crippen LogP contribution < -0.4 is 14.4 Å². The van der Waals surface area contributed by atoms with Crippen LogP contribution in [0, 0.1) is 10.1 Å². The number of carbonyl (C=O) groups is 2. The number of esters is 1. The number of carbonyl (C=O) groups excluding carboxylic acids is 2. The van der Waals surface area contributed by atoms with E-state index in [-0.39, 0.29) is 22.6 Å². The first-order valence-electron chi connectivity index (χ1n) is 10.8. The molecule has 1 aliphatic heterocycles. The molecule has 178 valence electrons. The maximum Gasteiger partial charge on any atom is 0.325 e. The molecule has 11 heteroatoms. The van der Waals surface area contributed by atoms with Crippen molar-refractivity contribution in [2.24, 2.45) is 4.99 Å². The van der Waals surface area contributed by atoms with E-state index in [0.717, 1.165) is 37.1 Å². The van der Waals surface area contributed by atoms with Crippen molar-refractivity contribution in [2.75, 3.05) is 32.2 Å². The topological polar surface area (TPSA) is 116 Å². The predicted molar refractivity (Wildman–Crippen MR) is 127 cm³/mol. The largest absolute Gasteiger partial charge is 0.497 e. The molecular weight excluding hydrogens is 460 g/mol. The van der Waals surface area contributed by atoms with Crippen molar-refractivity contribution in [1.29, 1.82) is 0 Å². The number of anilines is 1. The van der Waals surface area contributed by atoms with Crippen LogP contribution in [0.2, 0.25) is 0 Å². The van der Waals surface area contributed by atoms with Gasteiger partial charge in [-0.1, -0.05) is 11.3 Å². The molecule has 0 saturated carbocycles. The van der Waals surface area contributed by atoms with Crippen molar-refractivity contribution >= 4 is 44.8 Å². The van der Waals surface area contributed by atoms with E-state index < -0.39 is 16.8 Å². The summed E-state index contributed by atoms with van der Waals surface area (Å²) in [6.07, 6.45) is 3.06. The second-order valence-electron chi connectivity index (χ2n) is 7.81. The van der Waals surface area contributed by atoms with Crippen LogP contribution in [0.25, 0.3) is 10.2 Å². The number of aromatic nitrogens is 1. The highest BCUT2D eigenvalue weighted by Gasteiger charge is 2.23. The van der Waals surface area contributed by atoms with Gasteiger partial charge in [-0.15, -0.1) is 0 Å². The van der Waals surface area contributed by atoms with E-state index in [1.165, 1.54) is 24.5 Å². The van der Waals surface area contributed by atoms with Crippen LogP contribution in [0.15, 0.2) is 41.4 Å². The fourth-order valence-electron chi connectivity index (χ4n) is 3.97. The van der Waals surface area contributed by atoms with Crippen LogP contribution in [-0.4, -0.2) is 48.7 Å². The molecule has 0 bridgehead atoms. The lowest BCUT2D eigenvalue weighted by Crippen LogP contribution is -2.30. The number of methoxy groups -OCH3 is 2. The number of hydrogen-bond acceptors (Lipinski definition) is 8. The molecule has 1 aromatic heterocycles. The number of nitro benzene ring substituents is 1. The highest BCUT2D eigenvalue weighted by atomic mass is 32.1. The number of thiazole rings is 1. The van der Waals surface area contributed by atoms with Crippen molar-refractivity contribution in [3.63, 3.8) is 0 Å². The zero-order valence-electron chi connectivity index (χ0n) is 18.9. The average Bonchev–Trinajstić information content (AvgIpc) is 3.19. The SMILES string of the molecule is COC(=O)Cn1c(=NC(=O)c2ccc(N3CCCCC3)c([N+](=O)[O-])c2)sc2cc(OC)ccc21. The second-order valence-corrected chi connectivity index (χ2v) is 8.81. The van der Waals surface area contributed by atoms with Gasteiger partial charge in [0.2, 0.25) is 0 Å². The Kier molecular flexibility index (Phi) is 6.92. The summed E-state index contributed by atoms with van der Waals surface area (Å²) >= 11 is 1.21. The Balaban J connectivity index is 1.76. The summed E-state index contributed by atoms with van der Waals surface area (Å²) in [7, 11) is 2.83. The Morgan fingerprint density at radius 1 is 1.12 bits per heavy atom. The Labute approximate surface area is 199 Å². The van der Waals surface area contributed by atoms with E-state index in [4.69, 9.17) is 9.47 Å². The summed E-state index contributed by atoms with van der Waals surface area (Å²) in [5.41, 5.74) is 1.18. The van der Waals surface area contributed by atoms with Crippen molar-refractivity contribution in [1.82, 2.24) is 4.57 Å². The van der Waals surface area contributed by atoms with E-state index in [1.807, 2.05) is 4.90 Å². The van der Waals surface area contributed by atoms with Gasteiger partial charge in [-0.3, -0.25) is 19.7 Å². The number of nitrogens with zero attached hydrogens (tertiary/aromatic N) is 4. The average molecular weight is 485 g/mol. The molecule has 34 heavy (non-hydrogen) atoms. The molecule has 2 aromatic carbocycles. The Morgan fingerprint density at radius 3 is 2.56 bits per heavy atom. The number of piperidine rings is 1. The normalized spacial score (nSPS) is 14.3.